The Morgan fingerprint density at radius 3 is 2.06 bits per heavy atom. The molecule has 2 amide bonds. The summed E-state index contributed by atoms with van der Waals surface area (Å²) in [5.74, 6) is 0.585. The lowest BCUT2D eigenvalue weighted by Crippen LogP contribution is -2.32. The molecule has 1 N–H and O–H groups in total. The van der Waals surface area contributed by atoms with Gasteiger partial charge >= 0.3 is 6.03 Å². The Bertz CT molecular complexity index is 1100. The number of halogens is 4. The van der Waals surface area contributed by atoms with E-state index in [1.54, 1.807) is 18.2 Å². The standard InChI is InChI=1S/C20H16Cl4N4O3/c1-28(13-8-12(25-9-26-13)10-4-6-11(21)7-5-10)20(29)27-17-14(22)18(30-2)16(24)19(31-3)15(17)23/h4-9H,1-3H3,(H,27,29). The zero-order chi connectivity index (χ0) is 22.7. The van der Waals surface area contributed by atoms with Crippen LogP contribution >= 0.6 is 46.4 Å². The van der Waals surface area contributed by atoms with Gasteiger partial charge in [0.1, 0.15) is 27.2 Å². The van der Waals surface area contributed by atoms with Crippen LogP contribution in [0, 0.1) is 0 Å². The summed E-state index contributed by atoms with van der Waals surface area (Å²) >= 11 is 24.8. The molecule has 0 bridgehead atoms. The van der Waals surface area contributed by atoms with Crippen molar-refractivity contribution in [1.29, 1.82) is 0 Å². The summed E-state index contributed by atoms with van der Waals surface area (Å²) in [6.07, 6.45) is 1.36. The Morgan fingerprint density at radius 2 is 1.52 bits per heavy atom. The van der Waals surface area contributed by atoms with Gasteiger partial charge in [-0.05, 0) is 12.1 Å². The molecule has 0 atom stereocenters. The number of nitrogens with zero attached hydrogens (tertiary/aromatic N) is 3. The zero-order valence-electron chi connectivity index (χ0n) is 16.5. The van der Waals surface area contributed by atoms with E-state index in [2.05, 4.69) is 15.3 Å². The van der Waals surface area contributed by atoms with Crippen molar-refractivity contribution in [2.75, 3.05) is 31.5 Å². The molecule has 0 aliphatic carbocycles. The summed E-state index contributed by atoms with van der Waals surface area (Å²) in [6.45, 7) is 0. The van der Waals surface area contributed by atoms with E-state index in [-0.39, 0.29) is 32.3 Å². The minimum Gasteiger partial charge on any atom is -0.493 e. The molecule has 0 radical (unpaired) electrons. The SMILES string of the molecule is COc1c(Cl)c(NC(=O)N(C)c2cc(-c3ccc(Cl)cc3)ncn2)c(Cl)c(OC)c1Cl. The van der Waals surface area contributed by atoms with Crippen LogP contribution in [0.15, 0.2) is 36.7 Å². The largest absolute Gasteiger partial charge is 0.493 e. The number of ether oxygens (including phenoxy) is 2. The maximum Gasteiger partial charge on any atom is 0.327 e. The van der Waals surface area contributed by atoms with E-state index in [0.717, 1.165) is 5.56 Å². The number of amides is 2. The fourth-order valence-corrected chi connectivity index (χ4v) is 3.93. The highest BCUT2D eigenvalue weighted by Crippen LogP contribution is 2.50. The second-order valence-electron chi connectivity index (χ2n) is 6.14. The van der Waals surface area contributed by atoms with Gasteiger partial charge in [-0.25, -0.2) is 14.8 Å². The molecule has 0 unspecified atom stereocenters. The maximum atomic E-state index is 12.9. The average molecular weight is 502 g/mol. The molecule has 2 aromatic carbocycles. The predicted octanol–water partition coefficient (Wildman–Crippen LogP) is 6.44. The van der Waals surface area contributed by atoms with Crippen molar-refractivity contribution in [3.63, 3.8) is 0 Å². The molecule has 1 heterocycles. The number of rotatable bonds is 5. The van der Waals surface area contributed by atoms with E-state index in [1.165, 1.54) is 32.5 Å². The van der Waals surface area contributed by atoms with Crippen molar-refractivity contribution in [3.05, 3.63) is 56.7 Å². The van der Waals surface area contributed by atoms with Gasteiger partial charge in [-0.15, -0.1) is 0 Å². The predicted molar refractivity (Wildman–Crippen MR) is 124 cm³/mol. The second kappa shape index (κ2) is 9.78. The molecule has 31 heavy (non-hydrogen) atoms. The van der Waals surface area contributed by atoms with Gasteiger partial charge in [-0.1, -0.05) is 58.5 Å². The third-order valence-corrected chi connectivity index (χ3v) is 5.63. The first-order valence-electron chi connectivity index (χ1n) is 8.69. The Hall–Kier alpha value is -2.45. The number of carbonyl (C=O) groups is 1. The highest BCUT2D eigenvalue weighted by atomic mass is 35.5. The summed E-state index contributed by atoms with van der Waals surface area (Å²) < 4.78 is 10.4. The van der Waals surface area contributed by atoms with Gasteiger partial charge in [0.15, 0.2) is 11.5 Å². The molecular formula is C20H16Cl4N4O3. The van der Waals surface area contributed by atoms with Crippen LogP contribution in [0.5, 0.6) is 11.5 Å². The molecule has 0 fully saturated rings. The van der Waals surface area contributed by atoms with E-state index in [9.17, 15) is 4.79 Å². The highest BCUT2D eigenvalue weighted by Gasteiger charge is 2.25. The summed E-state index contributed by atoms with van der Waals surface area (Å²) in [7, 11) is 4.31. The van der Waals surface area contributed by atoms with E-state index in [4.69, 9.17) is 55.9 Å². The van der Waals surface area contributed by atoms with Gasteiger partial charge in [0.05, 0.1) is 25.6 Å². The van der Waals surface area contributed by atoms with Gasteiger partial charge in [0, 0.05) is 23.7 Å². The van der Waals surface area contributed by atoms with Crippen LogP contribution in [0.1, 0.15) is 0 Å². The molecule has 1 aromatic heterocycles. The monoisotopic (exact) mass is 500 g/mol. The van der Waals surface area contributed by atoms with Gasteiger partial charge in [-0.3, -0.25) is 4.90 Å². The topological polar surface area (TPSA) is 76.6 Å². The van der Waals surface area contributed by atoms with Crippen LogP contribution in [0.2, 0.25) is 20.1 Å². The minimum absolute atomic E-state index is 0.0320. The lowest BCUT2D eigenvalue weighted by molar-refractivity contribution is 0.258. The van der Waals surface area contributed by atoms with Crippen LogP contribution < -0.4 is 19.7 Å². The summed E-state index contributed by atoms with van der Waals surface area (Å²) in [6, 6.07) is 8.24. The van der Waals surface area contributed by atoms with Gasteiger partial charge < -0.3 is 14.8 Å². The number of nitrogens with one attached hydrogen (secondary N) is 1. The van der Waals surface area contributed by atoms with Crippen LogP contribution in [0.25, 0.3) is 11.3 Å². The molecule has 0 aliphatic rings. The van der Waals surface area contributed by atoms with Crippen molar-refractivity contribution in [3.8, 4) is 22.8 Å². The fraction of sp³-hybridized carbons (Fsp3) is 0.150. The van der Waals surface area contributed by atoms with Crippen molar-refractivity contribution < 1.29 is 14.3 Å². The van der Waals surface area contributed by atoms with Crippen molar-refractivity contribution in [2.24, 2.45) is 0 Å². The molecule has 0 spiro atoms. The van der Waals surface area contributed by atoms with E-state index >= 15 is 0 Å². The van der Waals surface area contributed by atoms with Crippen molar-refractivity contribution in [1.82, 2.24) is 9.97 Å². The summed E-state index contributed by atoms with van der Waals surface area (Å²) in [5, 5.41) is 3.41. The number of hydrogen-bond acceptors (Lipinski definition) is 5. The third kappa shape index (κ3) is 4.75. The number of methoxy groups -OCH3 is 2. The molecule has 0 saturated heterocycles. The van der Waals surface area contributed by atoms with Crippen LogP contribution in [0.4, 0.5) is 16.3 Å². The number of urea groups is 1. The number of benzene rings is 2. The van der Waals surface area contributed by atoms with Crippen molar-refractivity contribution >= 4 is 63.9 Å². The Balaban J connectivity index is 1.91. The van der Waals surface area contributed by atoms with Gasteiger partial charge in [0.2, 0.25) is 0 Å². The smallest absolute Gasteiger partial charge is 0.327 e. The molecule has 7 nitrogen and oxygen atoms in total. The Kier molecular flexibility index (Phi) is 7.33. The van der Waals surface area contributed by atoms with Crippen LogP contribution in [0.3, 0.4) is 0 Å². The molecule has 3 rings (SSSR count). The number of anilines is 2. The van der Waals surface area contributed by atoms with Gasteiger partial charge in [0.25, 0.3) is 0 Å². The first kappa shape index (κ1) is 23.2. The molecule has 0 saturated carbocycles. The number of aromatic nitrogens is 2. The van der Waals surface area contributed by atoms with Crippen LogP contribution in [-0.4, -0.2) is 37.3 Å². The Morgan fingerprint density at radius 1 is 0.935 bits per heavy atom. The lowest BCUT2D eigenvalue weighted by atomic mass is 10.1. The zero-order valence-corrected chi connectivity index (χ0v) is 19.6. The molecular weight excluding hydrogens is 486 g/mol. The van der Waals surface area contributed by atoms with Crippen molar-refractivity contribution in [2.45, 2.75) is 0 Å². The maximum absolute atomic E-state index is 12.9. The molecule has 11 heteroatoms. The Labute approximate surface area is 198 Å². The molecule has 162 valence electrons. The number of hydrogen-bond donors (Lipinski definition) is 1. The summed E-state index contributed by atoms with van der Waals surface area (Å²) in [4.78, 5) is 22.6. The lowest BCUT2D eigenvalue weighted by Gasteiger charge is -2.21. The number of carbonyl (C=O) groups excluding carboxylic acids is 1. The van der Waals surface area contributed by atoms with E-state index in [0.29, 0.717) is 16.5 Å². The first-order chi connectivity index (χ1) is 14.8. The fourth-order valence-electron chi connectivity index (χ4n) is 2.69. The minimum atomic E-state index is -0.559. The van der Waals surface area contributed by atoms with Crippen LogP contribution in [-0.2, 0) is 0 Å². The second-order valence-corrected chi connectivity index (χ2v) is 7.71. The summed E-state index contributed by atoms with van der Waals surface area (Å²) in [5.41, 5.74) is 1.53. The molecule has 3 aromatic rings. The highest BCUT2D eigenvalue weighted by molar-refractivity contribution is 6.45. The average Bonchev–Trinajstić information content (AvgIpc) is 2.77. The van der Waals surface area contributed by atoms with E-state index < -0.39 is 6.03 Å². The van der Waals surface area contributed by atoms with Gasteiger partial charge in [-0.2, -0.15) is 0 Å². The third-order valence-electron chi connectivity index (χ3n) is 4.32. The normalized spacial score (nSPS) is 10.5. The quantitative estimate of drug-likeness (QED) is 0.435. The first-order valence-corrected chi connectivity index (χ1v) is 10.2. The van der Waals surface area contributed by atoms with E-state index in [1.807, 2.05) is 12.1 Å². The molecule has 0 aliphatic heterocycles.